The Bertz CT molecular complexity index is 1050. The number of nitrogens with zero attached hydrogens (tertiary/aromatic N) is 1. The molecule has 0 radical (unpaired) electrons. The summed E-state index contributed by atoms with van der Waals surface area (Å²) in [5, 5.41) is 5.89. The first-order chi connectivity index (χ1) is 15.5. The Hall–Kier alpha value is -4.01. The van der Waals surface area contributed by atoms with Crippen LogP contribution in [0.4, 0.5) is 11.4 Å². The number of fused-ring (bicyclic) bond motifs is 1. The molecule has 0 atom stereocenters. The van der Waals surface area contributed by atoms with Crippen LogP contribution in [0.2, 0.25) is 0 Å². The Morgan fingerprint density at radius 3 is 2.53 bits per heavy atom. The molecule has 1 aliphatic rings. The second-order valence-electron chi connectivity index (χ2n) is 6.92. The lowest BCUT2D eigenvalue weighted by Crippen LogP contribution is -2.40. The van der Waals surface area contributed by atoms with Crippen molar-refractivity contribution >= 4 is 29.2 Å². The Labute approximate surface area is 185 Å². The van der Waals surface area contributed by atoms with Crippen molar-refractivity contribution in [2.45, 2.75) is 13.0 Å². The van der Waals surface area contributed by atoms with Crippen molar-refractivity contribution in [3.8, 4) is 11.5 Å². The number of methoxy groups -OCH3 is 3. The molecule has 1 aliphatic heterocycles. The van der Waals surface area contributed by atoms with Crippen LogP contribution in [-0.2, 0) is 25.7 Å². The lowest BCUT2D eigenvalue weighted by Gasteiger charge is -2.22. The van der Waals surface area contributed by atoms with Gasteiger partial charge in [0, 0.05) is 23.9 Å². The monoisotopic (exact) mass is 439 g/mol. The molecular formula is C23H25N3O6. The SMILES string of the molecule is COC(=O)CC1=CC(=O)N(CC(=O)NCc2cccc(OC)c2OC)c2ccccc2N1. The second-order valence-corrected chi connectivity index (χ2v) is 6.92. The molecule has 2 aromatic carbocycles. The van der Waals surface area contributed by atoms with E-state index in [1.807, 2.05) is 6.07 Å². The van der Waals surface area contributed by atoms with E-state index in [9.17, 15) is 14.4 Å². The van der Waals surface area contributed by atoms with Gasteiger partial charge in [0.25, 0.3) is 5.91 Å². The molecule has 168 valence electrons. The number of rotatable bonds is 8. The van der Waals surface area contributed by atoms with Crippen LogP contribution in [-0.4, -0.2) is 45.7 Å². The fourth-order valence-electron chi connectivity index (χ4n) is 3.34. The van der Waals surface area contributed by atoms with Crippen LogP contribution in [0.1, 0.15) is 12.0 Å². The van der Waals surface area contributed by atoms with E-state index in [2.05, 4.69) is 15.4 Å². The lowest BCUT2D eigenvalue weighted by molar-refractivity contribution is -0.139. The van der Waals surface area contributed by atoms with Gasteiger partial charge in [-0.2, -0.15) is 0 Å². The Morgan fingerprint density at radius 2 is 1.81 bits per heavy atom. The molecule has 2 amide bonds. The minimum absolute atomic E-state index is 0.0910. The highest BCUT2D eigenvalue weighted by atomic mass is 16.5. The van der Waals surface area contributed by atoms with E-state index in [4.69, 9.17) is 9.47 Å². The van der Waals surface area contributed by atoms with Gasteiger partial charge in [0.15, 0.2) is 11.5 Å². The fraction of sp³-hybridized carbons (Fsp3) is 0.261. The Morgan fingerprint density at radius 1 is 1.03 bits per heavy atom. The second kappa shape index (κ2) is 10.3. The van der Waals surface area contributed by atoms with E-state index in [1.54, 1.807) is 43.5 Å². The number of benzene rings is 2. The van der Waals surface area contributed by atoms with Gasteiger partial charge in [0.1, 0.15) is 6.54 Å². The molecule has 32 heavy (non-hydrogen) atoms. The number of esters is 1. The molecule has 9 heteroatoms. The molecule has 2 aromatic rings. The number of hydrogen-bond donors (Lipinski definition) is 2. The predicted molar refractivity (Wildman–Crippen MR) is 119 cm³/mol. The summed E-state index contributed by atoms with van der Waals surface area (Å²) in [6, 6.07) is 12.5. The van der Waals surface area contributed by atoms with Crippen molar-refractivity contribution in [2.24, 2.45) is 0 Å². The highest BCUT2D eigenvalue weighted by molar-refractivity contribution is 6.09. The number of nitrogens with one attached hydrogen (secondary N) is 2. The zero-order valence-electron chi connectivity index (χ0n) is 18.1. The lowest BCUT2D eigenvalue weighted by atomic mass is 10.2. The predicted octanol–water partition coefficient (Wildman–Crippen LogP) is 2.23. The summed E-state index contributed by atoms with van der Waals surface area (Å²) < 4.78 is 15.4. The molecule has 0 aliphatic carbocycles. The Balaban J connectivity index is 1.76. The van der Waals surface area contributed by atoms with E-state index in [1.165, 1.54) is 25.2 Å². The van der Waals surface area contributed by atoms with Gasteiger partial charge in [-0.15, -0.1) is 0 Å². The summed E-state index contributed by atoms with van der Waals surface area (Å²) in [7, 11) is 4.35. The van der Waals surface area contributed by atoms with Crippen LogP contribution in [0, 0.1) is 0 Å². The van der Waals surface area contributed by atoms with E-state index >= 15 is 0 Å². The molecule has 9 nitrogen and oxygen atoms in total. The third-order valence-electron chi connectivity index (χ3n) is 4.88. The van der Waals surface area contributed by atoms with Crippen LogP contribution in [0.3, 0.4) is 0 Å². The number of carbonyl (C=O) groups excluding carboxylic acids is 3. The topological polar surface area (TPSA) is 106 Å². The summed E-state index contributed by atoms with van der Waals surface area (Å²) in [5.74, 6) is -0.165. The van der Waals surface area contributed by atoms with Gasteiger partial charge < -0.3 is 24.8 Å². The zero-order valence-corrected chi connectivity index (χ0v) is 18.1. The number of carbonyl (C=O) groups is 3. The normalized spacial score (nSPS) is 12.7. The van der Waals surface area contributed by atoms with Crippen molar-refractivity contribution in [3.05, 3.63) is 59.8 Å². The van der Waals surface area contributed by atoms with Crippen LogP contribution in [0.5, 0.6) is 11.5 Å². The smallest absolute Gasteiger partial charge is 0.311 e. The maximum atomic E-state index is 12.9. The summed E-state index contributed by atoms with van der Waals surface area (Å²) in [6.45, 7) is -0.00359. The van der Waals surface area contributed by atoms with Crippen LogP contribution in [0.15, 0.2) is 54.2 Å². The minimum atomic E-state index is -0.479. The molecule has 0 spiro atoms. The largest absolute Gasteiger partial charge is 0.493 e. The van der Waals surface area contributed by atoms with Crippen molar-refractivity contribution in [3.63, 3.8) is 0 Å². The van der Waals surface area contributed by atoms with E-state index < -0.39 is 11.9 Å². The van der Waals surface area contributed by atoms with Gasteiger partial charge in [-0.1, -0.05) is 24.3 Å². The van der Waals surface area contributed by atoms with Gasteiger partial charge >= 0.3 is 5.97 Å². The summed E-state index contributed by atoms with van der Waals surface area (Å²) in [4.78, 5) is 38.6. The molecule has 0 unspecified atom stereocenters. The van der Waals surface area contributed by atoms with Crippen molar-refractivity contribution in [2.75, 3.05) is 38.1 Å². The van der Waals surface area contributed by atoms with Crippen molar-refractivity contribution < 1.29 is 28.6 Å². The highest BCUT2D eigenvalue weighted by Crippen LogP contribution is 2.31. The average Bonchev–Trinajstić information content (AvgIpc) is 2.93. The van der Waals surface area contributed by atoms with Crippen LogP contribution < -0.4 is 25.0 Å². The standard InChI is InChI=1S/C23H25N3O6/c1-30-19-10-6-7-15(23(19)32-3)13-24-20(27)14-26-18-9-5-4-8-17(18)25-16(11-21(26)28)12-22(29)31-2/h4-11,25H,12-14H2,1-3H3,(H,24,27). The van der Waals surface area contributed by atoms with E-state index in [-0.39, 0.29) is 25.4 Å². The van der Waals surface area contributed by atoms with Crippen molar-refractivity contribution in [1.82, 2.24) is 5.32 Å². The average molecular weight is 439 g/mol. The molecular weight excluding hydrogens is 414 g/mol. The maximum absolute atomic E-state index is 12.9. The van der Waals surface area contributed by atoms with E-state index in [0.717, 1.165) is 5.56 Å². The minimum Gasteiger partial charge on any atom is -0.493 e. The van der Waals surface area contributed by atoms with Crippen LogP contribution >= 0.6 is 0 Å². The molecule has 0 saturated heterocycles. The first kappa shape index (κ1) is 22.7. The number of para-hydroxylation sites is 3. The first-order valence-electron chi connectivity index (χ1n) is 9.88. The zero-order chi connectivity index (χ0) is 23.1. The van der Waals surface area contributed by atoms with Crippen LogP contribution in [0.25, 0.3) is 0 Å². The molecule has 0 saturated carbocycles. The van der Waals surface area contributed by atoms with Gasteiger partial charge in [-0.05, 0) is 18.2 Å². The number of anilines is 2. The first-order valence-corrected chi connectivity index (χ1v) is 9.88. The molecule has 0 aromatic heterocycles. The summed E-state index contributed by atoms with van der Waals surface area (Å²) in [5.41, 5.74) is 2.27. The van der Waals surface area contributed by atoms with Gasteiger partial charge in [0.2, 0.25) is 5.91 Å². The van der Waals surface area contributed by atoms with E-state index in [0.29, 0.717) is 28.6 Å². The summed E-state index contributed by atoms with van der Waals surface area (Å²) in [6.07, 6.45) is 1.21. The fourth-order valence-corrected chi connectivity index (χ4v) is 3.34. The van der Waals surface area contributed by atoms with Gasteiger partial charge in [-0.3, -0.25) is 19.3 Å². The number of ether oxygens (including phenoxy) is 3. The third-order valence-corrected chi connectivity index (χ3v) is 4.88. The molecule has 2 N–H and O–H groups in total. The van der Waals surface area contributed by atoms with Gasteiger partial charge in [-0.25, -0.2) is 0 Å². The molecule has 0 fully saturated rings. The molecule has 0 bridgehead atoms. The number of amides is 2. The molecule has 1 heterocycles. The Kier molecular flexibility index (Phi) is 7.33. The highest BCUT2D eigenvalue weighted by Gasteiger charge is 2.25. The van der Waals surface area contributed by atoms with Gasteiger partial charge in [0.05, 0.1) is 39.1 Å². The summed E-state index contributed by atoms with van der Waals surface area (Å²) >= 11 is 0. The maximum Gasteiger partial charge on any atom is 0.311 e. The van der Waals surface area contributed by atoms with Crippen molar-refractivity contribution in [1.29, 1.82) is 0 Å². The third kappa shape index (κ3) is 5.18. The molecule has 3 rings (SSSR count). The quantitative estimate of drug-likeness (QED) is 0.608. The number of hydrogen-bond acceptors (Lipinski definition) is 7.